The van der Waals surface area contributed by atoms with Crippen LogP contribution in [0.15, 0.2) is 36.4 Å². The highest BCUT2D eigenvalue weighted by Gasteiger charge is 2.41. The first-order valence-electron chi connectivity index (χ1n) is 12.7. The van der Waals surface area contributed by atoms with Crippen molar-refractivity contribution in [1.82, 2.24) is 14.7 Å². The Balaban J connectivity index is 1.36. The number of alkyl halides is 3. The summed E-state index contributed by atoms with van der Waals surface area (Å²) in [6, 6.07) is 9.31. The van der Waals surface area contributed by atoms with Gasteiger partial charge in [-0.3, -0.25) is 14.6 Å². The average Bonchev–Trinajstić information content (AvgIpc) is 2.83. The third-order valence-corrected chi connectivity index (χ3v) is 8.78. The number of piperazine rings is 1. The number of amides is 1. The Bertz CT molecular complexity index is 1110. The normalized spacial score (nSPS) is 22.2. The molecule has 1 amide bonds. The zero-order chi connectivity index (χ0) is 27.1. The van der Waals surface area contributed by atoms with Crippen LogP contribution in [0.5, 0.6) is 0 Å². The zero-order valence-electron chi connectivity index (χ0n) is 21.7. The second kappa shape index (κ2) is 10.8. The summed E-state index contributed by atoms with van der Waals surface area (Å²) in [6.07, 6.45) is -2.63. The molecule has 0 N–H and O–H groups in total. The van der Waals surface area contributed by atoms with Crippen molar-refractivity contribution in [3.63, 3.8) is 0 Å². The summed E-state index contributed by atoms with van der Waals surface area (Å²) in [5.74, 6) is -0.124. The molecule has 202 valence electrons. The fraction of sp³-hybridized carbons (Fsp3) is 0.536. The van der Waals surface area contributed by atoms with E-state index >= 15 is 0 Å². The monoisotopic (exact) mass is 555 g/mol. The fourth-order valence-electron chi connectivity index (χ4n) is 5.75. The van der Waals surface area contributed by atoms with E-state index in [9.17, 15) is 18.0 Å². The van der Waals surface area contributed by atoms with Gasteiger partial charge in [0.25, 0.3) is 5.91 Å². The average molecular weight is 557 g/mol. The standard InChI is InChI=1S/C28H34Cl2F3N3O/c1-18-15-23(29)25(24(30)16-18)26(37)34-11-9-27(4,10-12-34)35-13-14-36(19(2)17-35)20(3)21-5-7-22(8-6-21)28(31,32)33/h5-8,15-16,19-20H,9-14,17H2,1-4H3/t19-,20-/m0/s1. The number of likely N-dealkylation sites (tertiary alicyclic amines) is 1. The van der Waals surface area contributed by atoms with Crippen LogP contribution in [0.25, 0.3) is 0 Å². The molecule has 0 aliphatic carbocycles. The van der Waals surface area contributed by atoms with Crippen LogP contribution < -0.4 is 0 Å². The number of nitrogens with zero attached hydrogens (tertiary/aromatic N) is 3. The van der Waals surface area contributed by atoms with Gasteiger partial charge in [-0.05, 0) is 75.9 Å². The maximum absolute atomic E-state index is 13.2. The quantitative estimate of drug-likeness (QED) is 0.403. The van der Waals surface area contributed by atoms with Gasteiger partial charge < -0.3 is 4.90 Å². The van der Waals surface area contributed by atoms with Crippen molar-refractivity contribution in [3.8, 4) is 0 Å². The highest BCUT2D eigenvalue weighted by Crippen LogP contribution is 2.36. The van der Waals surface area contributed by atoms with Gasteiger partial charge in [-0.25, -0.2) is 0 Å². The van der Waals surface area contributed by atoms with Crippen molar-refractivity contribution in [2.45, 2.75) is 64.3 Å². The number of piperidine rings is 1. The van der Waals surface area contributed by atoms with E-state index in [2.05, 4.69) is 30.6 Å². The molecule has 2 aliphatic heterocycles. The molecule has 2 aliphatic rings. The van der Waals surface area contributed by atoms with Gasteiger partial charge in [0.2, 0.25) is 0 Å². The number of halogens is 5. The van der Waals surface area contributed by atoms with Crippen LogP contribution >= 0.6 is 23.2 Å². The van der Waals surface area contributed by atoms with E-state index < -0.39 is 11.7 Å². The highest BCUT2D eigenvalue weighted by atomic mass is 35.5. The van der Waals surface area contributed by atoms with Gasteiger partial charge in [0, 0.05) is 50.3 Å². The van der Waals surface area contributed by atoms with Crippen LogP contribution in [0.4, 0.5) is 13.2 Å². The van der Waals surface area contributed by atoms with Gasteiger partial charge in [0.15, 0.2) is 0 Å². The molecule has 0 radical (unpaired) electrons. The summed E-state index contributed by atoms with van der Waals surface area (Å²) in [4.78, 5) is 19.9. The van der Waals surface area contributed by atoms with Crippen LogP contribution in [0.1, 0.15) is 66.7 Å². The molecule has 2 aromatic rings. The molecule has 2 saturated heterocycles. The number of carbonyl (C=O) groups is 1. The van der Waals surface area contributed by atoms with E-state index in [-0.39, 0.29) is 23.5 Å². The first-order valence-corrected chi connectivity index (χ1v) is 13.5. The summed E-state index contributed by atoms with van der Waals surface area (Å²) < 4.78 is 38.8. The lowest BCUT2D eigenvalue weighted by Crippen LogP contribution is -2.62. The third kappa shape index (κ3) is 5.95. The van der Waals surface area contributed by atoms with Crippen LogP contribution in [0, 0.1) is 6.92 Å². The number of benzene rings is 2. The smallest absolute Gasteiger partial charge is 0.338 e. The molecule has 2 fully saturated rings. The van der Waals surface area contributed by atoms with Gasteiger partial charge in [-0.15, -0.1) is 0 Å². The summed E-state index contributed by atoms with van der Waals surface area (Å²) >= 11 is 12.7. The van der Waals surface area contributed by atoms with E-state index in [1.165, 1.54) is 12.1 Å². The van der Waals surface area contributed by atoms with Crippen molar-refractivity contribution in [2.75, 3.05) is 32.7 Å². The predicted octanol–water partition coefficient (Wildman–Crippen LogP) is 7.08. The van der Waals surface area contributed by atoms with Crippen molar-refractivity contribution >= 4 is 29.1 Å². The molecular weight excluding hydrogens is 522 g/mol. The first kappa shape index (κ1) is 28.2. The van der Waals surface area contributed by atoms with E-state index in [0.717, 1.165) is 43.6 Å². The second-order valence-corrected chi connectivity index (χ2v) is 11.5. The fourth-order valence-corrected chi connectivity index (χ4v) is 6.51. The molecule has 9 heteroatoms. The SMILES string of the molecule is Cc1cc(Cl)c(C(=O)N2CCC(C)(N3CCN([C@@H](C)c4ccc(C(F)(F)F)cc4)[C@@H](C)C3)CC2)c(Cl)c1. The minimum atomic E-state index is -4.32. The summed E-state index contributed by atoms with van der Waals surface area (Å²) in [5.41, 5.74) is 1.52. The molecule has 37 heavy (non-hydrogen) atoms. The zero-order valence-corrected chi connectivity index (χ0v) is 23.2. The van der Waals surface area contributed by atoms with E-state index in [1.54, 1.807) is 24.3 Å². The van der Waals surface area contributed by atoms with Crippen LogP contribution in [-0.4, -0.2) is 64.9 Å². The Morgan fingerprint density at radius 1 is 1.03 bits per heavy atom. The summed E-state index contributed by atoms with van der Waals surface area (Å²) in [6.45, 7) is 12.2. The Labute approximate surface area is 227 Å². The van der Waals surface area contributed by atoms with Gasteiger partial charge in [-0.1, -0.05) is 35.3 Å². The molecule has 0 aromatic heterocycles. The number of rotatable bonds is 4. The van der Waals surface area contributed by atoms with Crippen LogP contribution in [0.3, 0.4) is 0 Å². The Morgan fingerprint density at radius 2 is 1.59 bits per heavy atom. The van der Waals surface area contributed by atoms with Crippen molar-refractivity contribution in [1.29, 1.82) is 0 Å². The van der Waals surface area contributed by atoms with Gasteiger partial charge in [-0.2, -0.15) is 13.2 Å². The van der Waals surface area contributed by atoms with Crippen molar-refractivity contribution < 1.29 is 18.0 Å². The molecule has 0 spiro atoms. The molecule has 0 bridgehead atoms. The number of hydrogen-bond donors (Lipinski definition) is 0. The number of aryl methyl sites for hydroxylation is 1. The summed E-state index contributed by atoms with van der Waals surface area (Å²) in [5, 5.41) is 0.769. The second-order valence-electron chi connectivity index (χ2n) is 10.7. The summed E-state index contributed by atoms with van der Waals surface area (Å²) in [7, 11) is 0. The van der Waals surface area contributed by atoms with Crippen LogP contribution in [0.2, 0.25) is 10.0 Å². The number of hydrogen-bond acceptors (Lipinski definition) is 3. The highest BCUT2D eigenvalue weighted by molar-refractivity contribution is 6.39. The maximum Gasteiger partial charge on any atom is 0.416 e. The molecule has 2 atom stereocenters. The topological polar surface area (TPSA) is 26.8 Å². The lowest BCUT2D eigenvalue weighted by atomic mass is 9.86. The van der Waals surface area contributed by atoms with Gasteiger partial charge in [0.1, 0.15) is 0 Å². The van der Waals surface area contributed by atoms with E-state index in [1.807, 2.05) is 11.8 Å². The van der Waals surface area contributed by atoms with E-state index in [4.69, 9.17) is 23.2 Å². The largest absolute Gasteiger partial charge is 0.416 e. The molecular formula is C28H34Cl2F3N3O. The van der Waals surface area contributed by atoms with E-state index in [0.29, 0.717) is 28.7 Å². The molecule has 2 heterocycles. The number of carbonyl (C=O) groups excluding carboxylic acids is 1. The maximum atomic E-state index is 13.2. The Morgan fingerprint density at radius 3 is 2.11 bits per heavy atom. The molecule has 0 unspecified atom stereocenters. The molecule has 4 rings (SSSR count). The molecule has 2 aromatic carbocycles. The third-order valence-electron chi connectivity index (χ3n) is 8.19. The minimum absolute atomic E-state index is 0.0238. The molecule has 0 saturated carbocycles. The Hall–Kier alpha value is -1.80. The van der Waals surface area contributed by atoms with Crippen molar-refractivity contribution in [3.05, 3.63) is 68.7 Å². The first-order chi connectivity index (χ1) is 17.3. The van der Waals surface area contributed by atoms with Gasteiger partial charge >= 0.3 is 6.18 Å². The van der Waals surface area contributed by atoms with Gasteiger partial charge in [0.05, 0.1) is 21.2 Å². The van der Waals surface area contributed by atoms with Crippen molar-refractivity contribution in [2.24, 2.45) is 0 Å². The molecule has 4 nitrogen and oxygen atoms in total. The predicted molar refractivity (Wildman–Crippen MR) is 142 cm³/mol. The Kier molecular flexibility index (Phi) is 8.20. The lowest BCUT2D eigenvalue weighted by molar-refractivity contribution is -0.137. The lowest BCUT2D eigenvalue weighted by Gasteiger charge is -2.52. The van der Waals surface area contributed by atoms with Crippen LogP contribution in [-0.2, 0) is 6.18 Å². The minimum Gasteiger partial charge on any atom is -0.338 e.